The van der Waals surface area contributed by atoms with Crippen molar-refractivity contribution in [1.82, 2.24) is 5.16 Å². The molecule has 19 heavy (non-hydrogen) atoms. The molecule has 102 valence electrons. The lowest BCUT2D eigenvalue weighted by Crippen LogP contribution is -2.06. The van der Waals surface area contributed by atoms with Crippen LogP contribution in [0.4, 0.5) is 0 Å². The van der Waals surface area contributed by atoms with E-state index in [1.54, 1.807) is 25.1 Å². The lowest BCUT2D eigenvalue weighted by molar-refractivity contribution is 0.387. The molecule has 1 heterocycles. The molecule has 2 aromatic rings. The molecule has 0 amide bonds. The van der Waals surface area contributed by atoms with E-state index < -0.39 is 9.84 Å². The first-order valence-electron chi connectivity index (χ1n) is 5.41. The number of methoxy groups -OCH3 is 1. The van der Waals surface area contributed by atoms with Crippen molar-refractivity contribution in [3.05, 3.63) is 40.2 Å². The van der Waals surface area contributed by atoms with E-state index in [0.717, 1.165) is 0 Å². The summed E-state index contributed by atoms with van der Waals surface area (Å²) < 4.78 is 35.4. The maximum atomic E-state index is 12.4. The molecule has 0 atom stereocenters. The molecule has 0 saturated carbocycles. The molecule has 0 radical (unpaired) electrons. The predicted molar refractivity (Wildman–Crippen MR) is 72.8 cm³/mol. The van der Waals surface area contributed by atoms with Crippen molar-refractivity contribution in [3.63, 3.8) is 0 Å². The Hall–Kier alpha value is -1.34. The van der Waals surface area contributed by atoms with Gasteiger partial charge in [0.25, 0.3) is 0 Å². The third-order valence-electron chi connectivity index (χ3n) is 2.47. The Morgan fingerprint density at radius 1 is 1.37 bits per heavy atom. The molecule has 0 saturated heterocycles. The van der Waals surface area contributed by atoms with Gasteiger partial charge >= 0.3 is 0 Å². The molecule has 0 aliphatic heterocycles. The van der Waals surface area contributed by atoms with E-state index in [9.17, 15) is 8.42 Å². The Kier molecular flexibility index (Phi) is 3.96. The summed E-state index contributed by atoms with van der Waals surface area (Å²) in [6.45, 7) is 1.74. The number of benzene rings is 1. The summed E-state index contributed by atoms with van der Waals surface area (Å²) in [7, 11) is -2.12. The Balaban J connectivity index is 2.41. The maximum absolute atomic E-state index is 12.4. The second-order valence-corrected chi connectivity index (χ2v) is 6.86. The van der Waals surface area contributed by atoms with Crippen LogP contribution in [-0.2, 0) is 15.6 Å². The van der Waals surface area contributed by atoms with E-state index in [1.807, 2.05) is 0 Å². The number of hydrogen-bond acceptors (Lipinski definition) is 5. The number of ether oxygens (including phenoxy) is 1. The topological polar surface area (TPSA) is 69.4 Å². The van der Waals surface area contributed by atoms with Crippen molar-refractivity contribution < 1.29 is 17.7 Å². The third-order valence-corrected chi connectivity index (χ3v) is 4.62. The van der Waals surface area contributed by atoms with E-state index in [2.05, 4.69) is 21.1 Å². The quantitative estimate of drug-likeness (QED) is 0.851. The van der Waals surface area contributed by atoms with E-state index >= 15 is 0 Å². The molecule has 1 aromatic carbocycles. The summed E-state index contributed by atoms with van der Waals surface area (Å²) >= 11 is 3.25. The van der Waals surface area contributed by atoms with Gasteiger partial charge in [-0.25, -0.2) is 8.42 Å². The van der Waals surface area contributed by atoms with Gasteiger partial charge in [0.05, 0.1) is 12.8 Å². The van der Waals surface area contributed by atoms with Crippen molar-refractivity contribution in [2.75, 3.05) is 7.11 Å². The van der Waals surface area contributed by atoms with Gasteiger partial charge in [0.15, 0.2) is 15.6 Å². The minimum Gasteiger partial charge on any atom is -0.495 e. The molecule has 0 unspecified atom stereocenters. The van der Waals surface area contributed by atoms with Crippen LogP contribution < -0.4 is 4.74 Å². The minimum atomic E-state index is -3.55. The van der Waals surface area contributed by atoms with Crippen LogP contribution >= 0.6 is 15.9 Å². The second-order valence-electron chi connectivity index (χ2n) is 3.99. The van der Waals surface area contributed by atoms with Crippen LogP contribution in [0.25, 0.3) is 0 Å². The third kappa shape index (κ3) is 3.16. The SMILES string of the molecule is COc1ccc(Br)cc1S(=O)(=O)Cc1cc(C)no1. The van der Waals surface area contributed by atoms with Gasteiger partial charge in [-0.2, -0.15) is 0 Å². The Bertz CT molecular complexity index is 694. The van der Waals surface area contributed by atoms with Crippen LogP contribution in [0.2, 0.25) is 0 Å². The van der Waals surface area contributed by atoms with Gasteiger partial charge in [-0.05, 0) is 25.1 Å². The molecule has 5 nitrogen and oxygen atoms in total. The summed E-state index contributed by atoms with van der Waals surface area (Å²) in [6, 6.07) is 6.43. The van der Waals surface area contributed by atoms with Crippen molar-refractivity contribution >= 4 is 25.8 Å². The van der Waals surface area contributed by atoms with Crippen molar-refractivity contribution in [1.29, 1.82) is 0 Å². The Morgan fingerprint density at radius 2 is 2.11 bits per heavy atom. The highest BCUT2D eigenvalue weighted by Crippen LogP contribution is 2.29. The highest BCUT2D eigenvalue weighted by Gasteiger charge is 2.22. The molecule has 0 aliphatic carbocycles. The molecule has 0 spiro atoms. The van der Waals surface area contributed by atoms with Crippen LogP contribution in [0, 0.1) is 6.92 Å². The summed E-state index contributed by atoms with van der Waals surface area (Å²) in [6.07, 6.45) is 0. The van der Waals surface area contributed by atoms with E-state index in [1.165, 1.54) is 13.2 Å². The monoisotopic (exact) mass is 345 g/mol. The van der Waals surface area contributed by atoms with E-state index in [-0.39, 0.29) is 10.6 Å². The molecule has 0 fully saturated rings. The Labute approximate surface area is 119 Å². The molecule has 0 aliphatic rings. The largest absolute Gasteiger partial charge is 0.495 e. The van der Waals surface area contributed by atoms with Gasteiger partial charge in [-0.3, -0.25) is 0 Å². The van der Waals surface area contributed by atoms with Crippen molar-refractivity contribution in [2.24, 2.45) is 0 Å². The molecule has 1 aromatic heterocycles. The zero-order chi connectivity index (χ0) is 14.0. The van der Waals surface area contributed by atoms with Crippen LogP contribution in [0.5, 0.6) is 5.75 Å². The fourth-order valence-electron chi connectivity index (χ4n) is 1.64. The summed E-state index contributed by atoms with van der Waals surface area (Å²) in [5.41, 5.74) is 0.645. The molecule has 7 heteroatoms. The van der Waals surface area contributed by atoms with Crippen LogP contribution in [0.3, 0.4) is 0 Å². The van der Waals surface area contributed by atoms with Crippen molar-refractivity contribution in [3.8, 4) is 5.75 Å². The molecule has 0 bridgehead atoms. The first-order chi connectivity index (χ1) is 8.92. The van der Waals surface area contributed by atoms with Gasteiger partial charge < -0.3 is 9.26 Å². The number of rotatable bonds is 4. The normalized spacial score (nSPS) is 11.5. The highest BCUT2D eigenvalue weighted by molar-refractivity contribution is 9.10. The number of sulfone groups is 1. The van der Waals surface area contributed by atoms with Gasteiger partial charge in [0.1, 0.15) is 16.4 Å². The average Bonchev–Trinajstić information content (AvgIpc) is 2.74. The summed E-state index contributed by atoms with van der Waals surface area (Å²) in [4.78, 5) is 0.124. The molecular weight excluding hydrogens is 334 g/mol. The van der Waals surface area contributed by atoms with Gasteiger partial charge in [-0.15, -0.1) is 0 Å². The smallest absolute Gasteiger partial charge is 0.189 e. The summed E-state index contributed by atoms with van der Waals surface area (Å²) in [5, 5.41) is 3.67. The molecule has 2 rings (SSSR count). The lowest BCUT2D eigenvalue weighted by atomic mass is 10.3. The Morgan fingerprint density at radius 3 is 2.68 bits per heavy atom. The van der Waals surface area contributed by atoms with Gasteiger partial charge in [-0.1, -0.05) is 21.1 Å². The number of hydrogen-bond donors (Lipinski definition) is 0. The van der Waals surface area contributed by atoms with Crippen LogP contribution in [0.1, 0.15) is 11.5 Å². The van der Waals surface area contributed by atoms with Gasteiger partial charge in [0, 0.05) is 10.5 Å². The van der Waals surface area contributed by atoms with Gasteiger partial charge in [0.2, 0.25) is 0 Å². The first kappa shape index (κ1) is 14.1. The zero-order valence-electron chi connectivity index (χ0n) is 10.4. The first-order valence-corrected chi connectivity index (χ1v) is 7.85. The number of nitrogens with zero attached hydrogens (tertiary/aromatic N) is 1. The standard InChI is InChI=1S/C12H12BrNO4S/c1-8-5-10(18-14-8)7-19(15,16)12-6-9(13)3-4-11(12)17-2/h3-6H,7H2,1-2H3. The fraction of sp³-hybridized carbons (Fsp3) is 0.250. The van der Waals surface area contributed by atoms with Crippen LogP contribution in [0.15, 0.2) is 38.2 Å². The highest BCUT2D eigenvalue weighted by atomic mass is 79.9. The lowest BCUT2D eigenvalue weighted by Gasteiger charge is -2.08. The minimum absolute atomic E-state index is 0.124. The zero-order valence-corrected chi connectivity index (χ0v) is 12.8. The van der Waals surface area contributed by atoms with E-state index in [0.29, 0.717) is 21.7 Å². The number of aryl methyl sites for hydroxylation is 1. The maximum Gasteiger partial charge on any atom is 0.189 e. The number of halogens is 1. The number of aromatic nitrogens is 1. The predicted octanol–water partition coefficient (Wildman–Crippen LogP) is 2.73. The van der Waals surface area contributed by atoms with Crippen molar-refractivity contribution in [2.45, 2.75) is 17.6 Å². The molecule has 0 N–H and O–H groups in total. The average molecular weight is 346 g/mol. The molecular formula is C12H12BrNO4S. The summed E-state index contributed by atoms with van der Waals surface area (Å²) in [5.74, 6) is 0.361. The van der Waals surface area contributed by atoms with Crippen LogP contribution in [-0.4, -0.2) is 20.7 Å². The van der Waals surface area contributed by atoms with E-state index in [4.69, 9.17) is 9.26 Å². The second kappa shape index (κ2) is 5.34. The fourth-order valence-corrected chi connectivity index (χ4v) is 3.59.